The molecule has 1 fully saturated rings. The maximum atomic E-state index is 13.5. The molecule has 1 atom stereocenters. The molecule has 3 heterocycles. The Balaban J connectivity index is 1.35. The van der Waals surface area contributed by atoms with Gasteiger partial charge in [0, 0.05) is 60.6 Å². The lowest BCUT2D eigenvalue weighted by Gasteiger charge is -2.37. The number of halogens is 5. The van der Waals surface area contributed by atoms with Crippen molar-refractivity contribution in [3.8, 4) is 0 Å². The second kappa shape index (κ2) is 11.2. The summed E-state index contributed by atoms with van der Waals surface area (Å²) in [6.45, 7) is 1.91. The van der Waals surface area contributed by atoms with Crippen LogP contribution in [-0.2, 0) is 11.0 Å². The summed E-state index contributed by atoms with van der Waals surface area (Å²) in [4.78, 5) is 27.6. The van der Waals surface area contributed by atoms with Gasteiger partial charge in [0.05, 0.1) is 17.0 Å². The molecule has 1 aromatic heterocycles. The number of thiocarbonyl (C=S) groups is 1. The van der Waals surface area contributed by atoms with Gasteiger partial charge in [0.1, 0.15) is 5.82 Å². The van der Waals surface area contributed by atoms with Crippen LogP contribution in [0.5, 0.6) is 0 Å². The van der Waals surface area contributed by atoms with Crippen LogP contribution in [0.3, 0.4) is 0 Å². The van der Waals surface area contributed by atoms with Crippen LogP contribution in [0.1, 0.15) is 16.7 Å². The van der Waals surface area contributed by atoms with Crippen LogP contribution in [0.25, 0.3) is 0 Å². The molecule has 1 amide bonds. The van der Waals surface area contributed by atoms with Crippen LogP contribution in [0.15, 0.2) is 65.8 Å². The number of amides is 1. The standard InChI is InChI=1S/C27H23Cl2F3N6OS/c1-36-21-8-7-17(28)14-19(21)23(18-4-2-3-5-20(18)29)34-24(25(36)39)35-26(40)38-12-10-37(11-13-38)22-9-6-16(15-33-22)27(30,31)32/h2-9,14-15,24H,10-13H2,1H3,(H,35,40). The van der Waals surface area contributed by atoms with Crippen molar-refractivity contribution in [2.24, 2.45) is 4.99 Å². The van der Waals surface area contributed by atoms with Crippen LogP contribution in [0, 0.1) is 0 Å². The second-order valence-electron chi connectivity index (χ2n) is 9.25. The summed E-state index contributed by atoms with van der Waals surface area (Å²) in [5, 5.41) is 4.39. The zero-order chi connectivity index (χ0) is 28.6. The van der Waals surface area contributed by atoms with Gasteiger partial charge < -0.3 is 20.0 Å². The zero-order valence-electron chi connectivity index (χ0n) is 21.1. The van der Waals surface area contributed by atoms with Gasteiger partial charge >= 0.3 is 6.18 Å². The highest BCUT2D eigenvalue weighted by atomic mass is 35.5. The number of aliphatic imine (C=N–C) groups is 1. The highest BCUT2D eigenvalue weighted by molar-refractivity contribution is 7.80. The molecule has 2 aliphatic rings. The number of benzene rings is 2. The van der Waals surface area contributed by atoms with Gasteiger partial charge in [0.2, 0.25) is 6.17 Å². The van der Waals surface area contributed by atoms with Gasteiger partial charge in [-0.15, -0.1) is 0 Å². The number of likely N-dealkylation sites (N-methyl/N-ethyl adjacent to an activating group) is 1. The van der Waals surface area contributed by atoms with Gasteiger partial charge in [0.15, 0.2) is 5.11 Å². The predicted octanol–water partition coefficient (Wildman–Crippen LogP) is 5.24. The molecule has 1 N–H and O–H groups in total. The van der Waals surface area contributed by atoms with Crippen molar-refractivity contribution in [3.63, 3.8) is 0 Å². The van der Waals surface area contributed by atoms with Gasteiger partial charge in [-0.1, -0.05) is 41.4 Å². The number of carbonyl (C=O) groups excluding carboxylic acids is 1. The van der Waals surface area contributed by atoms with E-state index in [9.17, 15) is 18.0 Å². The fourth-order valence-corrected chi connectivity index (χ4v) is 5.29. The predicted molar refractivity (Wildman–Crippen MR) is 154 cm³/mol. The quantitative estimate of drug-likeness (QED) is 0.411. The number of hydrogen-bond acceptors (Lipinski definition) is 5. The third kappa shape index (κ3) is 5.72. The number of alkyl halides is 3. The molecule has 5 rings (SSSR count). The lowest BCUT2D eigenvalue weighted by atomic mass is 10.00. The summed E-state index contributed by atoms with van der Waals surface area (Å²) in [6.07, 6.45) is -4.64. The van der Waals surface area contributed by atoms with E-state index < -0.39 is 17.9 Å². The van der Waals surface area contributed by atoms with Crippen molar-refractivity contribution in [3.05, 3.63) is 87.5 Å². The first kappa shape index (κ1) is 28.1. The zero-order valence-corrected chi connectivity index (χ0v) is 23.5. The Morgan fingerprint density at radius 1 is 1.02 bits per heavy atom. The molecular formula is C27H23Cl2F3N6OS. The molecule has 0 spiro atoms. The maximum absolute atomic E-state index is 13.5. The van der Waals surface area contributed by atoms with Gasteiger partial charge in [-0.2, -0.15) is 13.2 Å². The first-order chi connectivity index (χ1) is 19.0. The molecular weight excluding hydrogens is 584 g/mol. The van der Waals surface area contributed by atoms with Crippen LogP contribution in [-0.4, -0.2) is 66.0 Å². The third-order valence-corrected chi connectivity index (χ3v) is 7.69. The van der Waals surface area contributed by atoms with E-state index in [1.54, 1.807) is 31.3 Å². The largest absolute Gasteiger partial charge is 0.417 e. The molecule has 0 aliphatic carbocycles. The fraction of sp³-hybridized carbons (Fsp3) is 0.259. The van der Waals surface area contributed by atoms with Crippen molar-refractivity contribution in [2.75, 3.05) is 43.0 Å². The Labute approximate surface area is 244 Å². The monoisotopic (exact) mass is 606 g/mol. The van der Waals surface area contributed by atoms with E-state index in [0.29, 0.717) is 69.7 Å². The lowest BCUT2D eigenvalue weighted by molar-refractivity contribution is -0.137. The molecule has 40 heavy (non-hydrogen) atoms. The van der Waals surface area contributed by atoms with E-state index in [1.807, 2.05) is 28.0 Å². The number of benzodiazepines with no additional fused rings is 1. The normalized spacial score (nSPS) is 17.8. The minimum atomic E-state index is -4.44. The number of piperazine rings is 1. The summed E-state index contributed by atoms with van der Waals surface area (Å²) in [5.41, 5.74) is 1.63. The van der Waals surface area contributed by atoms with Gasteiger partial charge in [-0.3, -0.25) is 4.79 Å². The Hall–Kier alpha value is -3.41. The van der Waals surface area contributed by atoms with E-state index in [4.69, 9.17) is 40.4 Å². The number of pyridine rings is 1. The van der Waals surface area contributed by atoms with E-state index in [0.717, 1.165) is 12.3 Å². The Kier molecular flexibility index (Phi) is 7.89. The minimum Gasteiger partial charge on any atom is -0.353 e. The molecule has 1 unspecified atom stereocenters. The molecule has 0 bridgehead atoms. The van der Waals surface area contributed by atoms with E-state index in [1.165, 1.54) is 11.0 Å². The summed E-state index contributed by atoms with van der Waals surface area (Å²) in [6, 6.07) is 14.8. The fourth-order valence-electron chi connectivity index (χ4n) is 4.60. The molecule has 208 valence electrons. The Morgan fingerprint density at radius 3 is 2.40 bits per heavy atom. The number of hydrogen-bond donors (Lipinski definition) is 1. The molecule has 3 aromatic rings. The number of rotatable bonds is 3. The van der Waals surface area contributed by atoms with Gasteiger partial charge in [0.25, 0.3) is 5.91 Å². The first-order valence-electron chi connectivity index (χ1n) is 12.3. The number of fused-ring (bicyclic) bond motifs is 1. The summed E-state index contributed by atoms with van der Waals surface area (Å²) < 4.78 is 38.6. The molecule has 13 heteroatoms. The molecule has 1 saturated heterocycles. The average Bonchev–Trinajstić information content (AvgIpc) is 3.03. The number of aromatic nitrogens is 1. The minimum absolute atomic E-state index is 0.319. The van der Waals surface area contributed by atoms with E-state index >= 15 is 0 Å². The van der Waals surface area contributed by atoms with Crippen LogP contribution in [0.2, 0.25) is 10.0 Å². The van der Waals surface area contributed by atoms with E-state index in [2.05, 4.69) is 10.3 Å². The summed E-state index contributed by atoms with van der Waals surface area (Å²) in [7, 11) is 1.66. The average molecular weight is 607 g/mol. The molecule has 0 saturated carbocycles. The molecule has 7 nitrogen and oxygen atoms in total. The Morgan fingerprint density at radius 2 is 1.75 bits per heavy atom. The number of nitrogens with one attached hydrogen (secondary N) is 1. The number of carbonyl (C=O) groups is 1. The third-order valence-electron chi connectivity index (χ3n) is 6.75. The van der Waals surface area contributed by atoms with E-state index in [-0.39, 0.29) is 5.91 Å². The maximum Gasteiger partial charge on any atom is 0.417 e. The highest BCUT2D eigenvalue weighted by Crippen LogP contribution is 2.32. The molecule has 2 aliphatic heterocycles. The van der Waals surface area contributed by atoms with Crippen LogP contribution in [0.4, 0.5) is 24.7 Å². The summed E-state index contributed by atoms with van der Waals surface area (Å²) in [5.74, 6) is 0.137. The van der Waals surface area contributed by atoms with Gasteiger partial charge in [-0.25, -0.2) is 9.98 Å². The topological polar surface area (TPSA) is 64.1 Å². The van der Waals surface area contributed by atoms with Crippen molar-refractivity contribution >= 4 is 63.7 Å². The number of anilines is 2. The van der Waals surface area contributed by atoms with Crippen molar-refractivity contribution in [2.45, 2.75) is 12.3 Å². The summed E-state index contributed by atoms with van der Waals surface area (Å²) >= 11 is 18.5. The first-order valence-corrected chi connectivity index (χ1v) is 13.4. The van der Waals surface area contributed by atoms with Crippen molar-refractivity contribution < 1.29 is 18.0 Å². The number of nitrogens with zero attached hydrogens (tertiary/aromatic N) is 5. The molecule has 0 radical (unpaired) electrons. The van der Waals surface area contributed by atoms with Crippen molar-refractivity contribution in [1.82, 2.24) is 15.2 Å². The van der Waals surface area contributed by atoms with Gasteiger partial charge in [-0.05, 0) is 48.6 Å². The van der Waals surface area contributed by atoms with Crippen LogP contribution < -0.4 is 15.1 Å². The lowest BCUT2D eigenvalue weighted by Crippen LogP contribution is -2.55. The highest BCUT2D eigenvalue weighted by Gasteiger charge is 2.33. The Bertz CT molecular complexity index is 1480. The van der Waals surface area contributed by atoms with Crippen molar-refractivity contribution in [1.29, 1.82) is 0 Å². The SMILES string of the molecule is CN1C(=O)C(NC(=S)N2CCN(c3ccc(C(F)(F)F)cn3)CC2)N=C(c2ccccc2Cl)c2cc(Cl)ccc21. The molecule has 2 aromatic carbocycles. The van der Waals surface area contributed by atoms with Crippen LogP contribution >= 0.6 is 35.4 Å². The smallest absolute Gasteiger partial charge is 0.353 e. The second-order valence-corrected chi connectivity index (χ2v) is 10.5.